The normalized spacial score (nSPS) is 11.3. The lowest BCUT2D eigenvalue weighted by atomic mass is 9.90. The molecule has 1 aromatic heterocycles. The molecule has 0 saturated heterocycles. The number of rotatable bonds is 7. The Balaban J connectivity index is 1.24. The van der Waals surface area contributed by atoms with Crippen molar-refractivity contribution in [2.24, 2.45) is 0 Å². The van der Waals surface area contributed by atoms with Crippen LogP contribution in [0.25, 0.3) is 77.2 Å². The van der Waals surface area contributed by atoms with Gasteiger partial charge in [0.25, 0.3) is 0 Å². The van der Waals surface area contributed by atoms with E-state index in [0.717, 1.165) is 55.7 Å². The zero-order valence-corrected chi connectivity index (χ0v) is 29.6. The summed E-state index contributed by atoms with van der Waals surface area (Å²) in [4.78, 5) is 2.41. The summed E-state index contributed by atoms with van der Waals surface area (Å²) in [7, 11) is 0. The largest absolute Gasteiger partial charge is 0.454 e. The third-order valence-corrected chi connectivity index (χ3v) is 10.5. The van der Waals surface area contributed by atoms with Crippen LogP contribution in [0, 0.1) is 0 Å². The third-order valence-electron chi connectivity index (χ3n) is 10.5. The van der Waals surface area contributed by atoms with Crippen LogP contribution in [-0.4, -0.2) is 0 Å². The Labute approximate surface area is 314 Å². The molecule has 0 N–H and O–H groups in total. The number of fused-ring (bicyclic) bond motifs is 4. The van der Waals surface area contributed by atoms with Gasteiger partial charge in [0.15, 0.2) is 5.58 Å². The Morgan fingerprint density at radius 1 is 0.296 bits per heavy atom. The average molecular weight is 690 g/mol. The quantitative estimate of drug-likeness (QED) is 0.166. The summed E-state index contributed by atoms with van der Waals surface area (Å²) in [6, 6.07) is 75.8. The highest BCUT2D eigenvalue weighted by Crippen LogP contribution is 2.49. The number of hydrogen-bond acceptors (Lipinski definition) is 2. The molecule has 2 nitrogen and oxygen atoms in total. The van der Waals surface area contributed by atoms with E-state index in [9.17, 15) is 0 Å². The zero-order valence-electron chi connectivity index (χ0n) is 29.6. The summed E-state index contributed by atoms with van der Waals surface area (Å²) in [5.74, 6) is 0. The molecule has 0 radical (unpaired) electrons. The molecule has 9 aromatic carbocycles. The van der Waals surface area contributed by atoms with Gasteiger partial charge in [-0.3, -0.25) is 0 Å². The maximum atomic E-state index is 6.77. The van der Waals surface area contributed by atoms with E-state index in [2.05, 4.69) is 211 Å². The molecule has 0 atom stereocenters. The van der Waals surface area contributed by atoms with Crippen molar-refractivity contribution in [3.05, 3.63) is 212 Å². The van der Waals surface area contributed by atoms with E-state index in [0.29, 0.717) is 0 Å². The molecule has 0 fully saturated rings. The summed E-state index contributed by atoms with van der Waals surface area (Å²) in [6.07, 6.45) is 0. The second-order valence-electron chi connectivity index (χ2n) is 13.6. The van der Waals surface area contributed by atoms with Gasteiger partial charge in [-0.1, -0.05) is 188 Å². The van der Waals surface area contributed by atoms with Crippen LogP contribution in [-0.2, 0) is 0 Å². The first-order valence-electron chi connectivity index (χ1n) is 18.4. The highest BCUT2D eigenvalue weighted by Gasteiger charge is 2.25. The summed E-state index contributed by atoms with van der Waals surface area (Å²) >= 11 is 0. The van der Waals surface area contributed by atoms with E-state index in [-0.39, 0.29) is 0 Å². The molecule has 10 rings (SSSR count). The van der Waals surface area contributed by atoms with Gasteiger partial charge in [-0.15, -0.1) is 0 Å². The van der Waals surface area contributed by atoms with Gasteiger partial charge in [0.05, 0.1) is 17.1 Å². The molecule has 254 valence electrons. The van der Waals surface area contributed by atoms with E-state index < -0.39 is 0 Å². The second kappa shape index (κ2) is 13.4. The molecule has 54 heavy (non-hydrogen) atoms. The summed E-state index contributed by atoms with van der Waals surface area (Å²) < 4.78 is 6.77. The summed E-state index contributed by atoms with van der Waals surface area (Å²) in [6.45, 7) is 0. The van der Waals surface area contributed by atoms with Crippen LogP contribution >= 0.6 is 0 Å². The summed E-state index contributed by atoms with van der Waals surface area (Å²) in [5.41, 5.74) is 14.2. The SMILES string of the molecule is c1ccc(-c2ccc(-c3ccccc3N(c3ccccc3-c3cccc4cccc(-c5ccccc5)c34)c3cccc4c3oc3ccccc34)cc2)cc1. The molecule has 0 amide bonds. The Bertz CT molecular complexity index is 2920. The van der Waals surface area contributed by atoms with Crippen molar-refractivity contribution in [1.29, 1.82) is 0 Å². The lowest BCUT2D eigenvalue weighted by Crippen LogP contribution is -2.12. The number of anilines is 3. The van der Waals surface area contributed by atoms with E-state index in [1.54, 1.807) is 0 Å². The standard InChI is InChI=1S/C52H35NO/c1-3-16-36(17-4-1)37-32-34-39(35-33-37)41-22-7-10-28-47(41)53(49-30-15-27-46-44-24-9-12-31-50(44)54-52(46)49)48-29-11-8-23-43(48)45-26-14-21-40-20-13-25-42(51(40)45)38-18-5-2-6-19-38/h1-35H. The Hall–Kier alpha value is -7.16. The minimum Gasteiger partial charge on any atom is -0.454 e. The molecule has 0 bridgehead atoms. The van der Waals surface area contributed by atoms with E-state index in [4.69, 9.17) is 4.42 Å². The number of para-hydroxylation sites is 4. The van der Waals surface area contributed by atoms with Gasteiger partial charge in [-0.25, -0.2) is 0 Å². The minimum atomic E-state index is 0.852. The number of benzene rings is 9. The van der Waals surface area contributed by atoms with Gasteiger partial charge in [-0.2, -0.15) is 0 Å². The van der Waals surface area contributed by atoms with Crippen molar-refractivity contribution < 1.29 is 4.42 Å². The topological polar surface area (TPSA) is 16.4 Å². The number of hydrogen-bond donors (Lipinski definition) is 0. The van der Waals surface area contributed by atoms with Gasteiger partial charge in [-0.05, 0) is 68.4 Å². The van der Waals surface area contributed by atoms with Crippen molar-refractivity contribution in [3.8, 4) is 44.5 Å². The summed E-state index contributed by atoms with van der Waals surface area (Å²) in [5, 5.41) is 4.62. The Morgan fingerprint density at radius 3 is 1.54 bits per heavy atom. The van der Waals surface area contributed by atoms with Crippen LogP contribution in [0.1, 0.15) is 0 Å². The van der Waals surface area contributed by atoms with Gasteiger partial charge in [0.2, 0.25) is 0 Å². The van der Waals surface area contributed by atoms with Crippen LogP contribution in [0.2, 0.25) is 0 Å². The highest BCUT2D eigenvalue weighted by atomic mass is 16.3. The predicted octanol–water partition coefficient (Wildman–Crippen LogP) is 14.9. The van der Waals surface area contributed by atoms with E-state index in [1.165, 1.54) is 38.6 Å². The maximum Gasteiger partial charge on any atom is 0.159 e. The number of nitrogens with zero attached hydrogens (tertiary/aromatic N) is 1. The van der Waals surface area contributed by atoms with Crippen LogP contribution in [0.15, 0.2) is 217 Å². The molecule has 0 saturated carbocycles. The van der Waals surface area contributed by atoms with Crippen molar-refractivity contribution in [2.45, 2.75) is 0 Å². The molecule has 0 unspecified atom stereocenters. The van der Waals surface area contributed by atoms with Gasteiger partial charge in [0.1, 0.15) is 5.58 Å². The molecule has 0 aliphatic heterocycles. The smallest absolute Gasteiger partial charge is 0.159 e. The molecule has 0 spiro atoms. The first kappa shape index (κ1) is 31.6. The van der Waals surface area contributed by atoms with Crippen LogP contribution in [0.4, 0.5) is 17.1 Å². The second-order valence-corrected chi connectivity index (χ2v) is 13.6. The molecular weight excluding hydrogens is 655 g/mol. The Morgan fingerprint density at radius 2 is 0.778 bits per heavy atom. The van der Waals surface area contributed by atoms with Gasteiger partial charge < -0.3 is 9.32 Å². The molecule has 1 heterocycles. The van der Waals surface area contributed by atoms with Crippen LogP contribution < -0.4 is 4.90 Å². The van der Waals surface area contributed by atoms with Crippen molar-refractivity contribution in [1.82, 2.24) is 0 Å². The van der Waals surface area contributed by atoms with Crippen molar-refractivity contribution >= 4 is 49.8 Å². The number of furan rings is 1. The maximum absolute atomic E-state index is 6.77. The predicted molar refractivity (Wildman–Crippen MR) is 228 cm³/mol. The van der Waals surface area contributed by atoms with Crippen molar-refractivity contribution in [2.75, 3.05) is 4.90 Å². The zero-order chi connectivity index (χ0) is 35.8. The molecule has 0 aliphatic rings. The van der Waals surface area contributed by atoms with Gasteiger partial charge >= 0.3 is 0 Å². The van der Waals surface area contributed by atoms with Crippen LogP contribution in [0.3, 0.4) is 0 Å². The van der Waals surface area contributed by atoms with Crippen LogP contribution in [0.5, 0.6) is 0 Å². The first-order chi connectivity index (χ1) is 26.8. The first-order valence-corrected chi connectivity index (χ1v) is 18.4. The fraction of sp³-hybridized carbons (Fsp3) is 0. The Kier molecular flexibility index (Phi) is 7.85. The lowest BCUT2D eigenvalue weighted by molar-refractivity contribution is 0.669. The molecular formula is C52H35NO. The monoisotopic (exact) mass is 689 g/mol. The van der Waals surface area contributed by atoms with E-state index >= 15 is 0 Å². The molecule has 0 aliphatic carbocycles. The highest BCUT2D eigenvalue weighted by molar-refractivity contribution is 6.13. The average Bonchev–Trinajstić information content (AvgIpc) is 3.64. The molecule has 10 aromatic rings. The third kappa shape index (κ3) is 5.44. The molecule has 2 heteroatoms. The van der Waals surface area contributed by atoms with Crippen molar-refractivity contribution in [3.63, 3.8) is 0 Å². The van der Waals surface area contributed by atoms with E-state index in [1.807, 2.05) is 6.07 Å². The fourth-order valence-electron chi connectivity index (χ4n) is 8.00. The lowest BCUT2D eigenvalue weighted by Gasteiger charge is -2.30. The fourth-order valence-corrected chi connectivity index (χ4v) is 8.00. The van der Waals surface area contributed by atoms with Gasteiger partial charge in [0, 0.05) is 21.9 Å². The minimum absolute atomic E-state index is 0.852.